The first-order valence-electron chi connectivity index (χ1n) is 8.92. The van der Waals surface area contributed by atoms with Gasteiger partial charge in [0.25, 0.3) is 0 Å². The number of benzene rings is 2. The molecular weight excluding hydrogens is 338 g/mol. The van der Waals surface area contributed by atoms with Crippen LogP contribution >= 0.6 is 0 Å². The summed E-state index contributed by atoms with van der Waals surface area (Å²) in [6, 6.07) is 17.8. The summed E-state index contributed by atoms with van der Waals surface area (Å²) >= 11 is 0. The summed E-state index contributed by atoms with van der Waals surface area (Å²) in [5.41, 5.74) is 5.68. The number of amides is 1. The number of carbonyl (C=O) groups is 1. The van der Waals surface area contributed by atoms with Gasteiger partial charge in [-0.3, -0.25) is 4.79 Å². The SMILES string of the molecule is Cc1nn(-c2ccccc2)c(C)c1CC(=O)NCc1nc2ccccc2[nH]1. The van der Waals surface area contributed by atoms with E-state index in [1.54, 1.807) is 0 Å². The van der Waals surface area contributed by atoms with Crippen molar-refractivity contribution in [2.75, 3.05) is 0 Å². The second-order valence-electron chi connectivity index (χ2n) is 6.55. The zero-order valence-electron chi connectivity index (χ0n) is 15.4. The first-order valence-corrected chi connectivity index (χ1v) is 8.92. The van der Waals surface area contributed by atoms with Gasteiger partial charge in [0.15, 0.2) is 0 Å². The summed E-state index contributed by atoms with van der Waals surface area (Å²) in [6.07, 6.45) is 0.296. The summed E-state index contributed by atoms with van der Waals surface area (Å²) in [4.78, 5) is 20.2. The third kappa shape index (κ3) is 3.46. The Balaban J connectivity index is 1.46. The first-order chi connectivity index (χ1) is 13.1. The molecule has 0 bridgehead atoms. The fourth-order valence-electron chi connectivity index (χ4n) is 3.25. The van der Waals surface area contributed by atoms with Crippen LogP contribution in [-0.4, -0.2) is 25.7 Å². The first kappa shape index (κ1) is 17.0. The average Bonchev–Trinajstić information content (AvgIpc) is 3.23. The van der Waals surface area contributed by atoms with E-state index in [0.29, 0.717) is 13.0 Å². The van der Waals surface area contributed by atoms with Gasteiger partial charge in [-0.05, 0) is 38.1 Å². The van der Waals surface area contributed by atoms with Crippen molar-refractivity contribution in [2.45, 2.75) is 26.8 Å². The Morgan fingerprint density at radius 2 is 1.81 bits per heavy atom. The molecule has 0 aliphatic carbocycles. The number of H-pyrrole nitrogens is 1. The number of rotatable bonds is 5. The number of imidazole rings is 1. The van der Waals surface area contributed by atoms with Gasteiger partial charge in [-0.2, -0.15) is 5.10 Å². The minimum atomic E-state index is -0.0470. The summed E-state index contributed by atoms with van der Waals surface area (Å²) in [5, 5.41) is 7.54. The largest absolute Gasteiger partial charge is 0.349 e. The Bertz CT molecular complexity index is 1060. The number of carbonyl (C=O) groups excluding carboxylic acids is 1. The molecule has 0 fully saturated rings. The zero-order chi connectivity index (χ0) is 18.8. The number of fused-ring (bicyclic) bond motifs is 1. The lowest BCUT2D eigenvalue weighted by Gasteiger charge is -2.06. The highest BCUT2D eigenvalue weighted by Crippen LogP contribution is 2.18. The quantitative estimate of drug-likeness (QED) is 0.574. The van der Waals surface area contributed by atoms with Crippen molar-refractivity contribution in [3.05, 3.63) is 77.4 Å². The van der Waals surface area contributed by atoms with E-state index in [9.17, 15) is 4.79 Å². The van der Waals surface area contributed by atoms with Crippen LogP contribution in [-0.2, 0) is 17.8 Å². The van der Waals surface area contributed by atoms with Crippen molar-refractivity contribution in [1.82, 2.24) is 25.1 Å². The molecule has 2 heterocycles. The van der Waals surface area contributed by atoms with Gasteiger partial charge < -0.3 is 10.3 Å². The van der Waals surface area contributed by atoms with Crippen LogP contribution in [0.1, 0.15) is 22.8 Å². The van der Waals surface area contributed by atoms with Gasteiger partial charge in [-0.15, -0.1) is 0 Å². The summed E-state index contributed by atoms with van der Waals surface area (Å²) in [5.74, 6) is 0.701. The van der Waals surface area contributed by atoms with Crippen molar-refractivity contribution < 1.29 is 4.79 Å². The van der Waals surface area contributed by atoms with Crippen molar-refractivity contribution in [3.8, 4) is 5.69 Å². The van der Waals surface area contributed by atoms with E-state index in [2.05, 4.69) is 20.4 Å². The number of aryl methyl sites for hydroxylation is 1. The molecule has 2 aromatic carbocycles. The fraction of sp³-hybridized carbons (Fsp3) is 0.190. The van der Waals surface area contributed by atoms with Gasteiger partial charge in [0.2, 0.25) is 5.91 Å². The molecule has 6 nitrogen and oxygen atoms in total. The van der Waals surface area contributed by atoms with E-state index in [-0.39, 0.29) is 5.91 Å². The van der Waals surface area contributed by atoms with Gasteiger partial charge in [0.1, 0.15) is 5.82 Å². The molecule has 0 spiro atoms. The monoisotopic (exact) mass is 359 g/mol. The molecule has 2 N–H and O–H groups in total. The van der Waals surface area contributed by atoms with Crippen molar-refractivity contribution in [3.63, 3.8) is 0 Å². The molecule has 0 saturated heterocycles. The van der Waals surface area contributed by atoms with Gasteiger partial charge in [-0.1, -0.05) is 30.3 Å². The lowest BCUT2D eigenvalue weighted by atomic mass is 10.1. The molecule has 6 heteroatoms. The molecule has 0 unspecified atom stereocenters. The Kier molecular flexibility index (Phi) is 4.46. The third-order valence-corrected chi connectivity index (χ3v) is 4.67. The van der Waals surface area contributed by atoms with Crippen LogP contribution in [0.5, 0.6) is 0 Å². The number of nitrogens with zero attached hydrogens (tertiary/aromatic N) is 3. The van der Waals surface area contributed by atoms with E-state index >= 15 is 0 Å². The molecule has 0 radical (unpaired) electrons. The highest BCUT2D eigenvalue weighted by atomic mass is 16.1. The number of aromatic nitrogens is 4. The van der Waals surface area contributed by atoms with E-state index < -0.39 is 0 Å². The third-order valence-electron chi connectivity index (χ3n) is 4.67. The fourth-order valence-corrected chi connectivity index (χ4v) is 3.25. The van der Waals surface area contributed by atoms with E-state index in [0.717, 1.165) is 39.5 Å². The molecular formula is C21H21N5O. The highest BCUT2D eigenvalue weighted by Gasteiger charge is 2.16. The lowest BCUT2D eigenvalue weighted by Crippen LogP contribution is -2.25. The maximum atomic E-state index is 12.5. The Morgan fingerprint density at radius 1 is 1.07 bits per heavy atom. The molecule has 0 saturated carbocycles. The summed E-state index contributed by atoms with van der Waals surface area (Å²) in [7, 11) is 0. The Hall–Kier alpha value is -3.41. The topological polar surface area (TPSA) is 75.6 Å². The molecule has 27 heavy (non-hydrogen) atoms. The number of hydrogen-bond donors (Lipinski definition) is 2. The van der Waals surface area contributed by atoms with Crippen LogP contribution < -0.4 is 5.32 Å². The van der Waals surface area contributed by atoms with Gasteiger partial charge in [-0.25, -0.2) is 9.67 Å². The molecule has 0 aliphatic rings. The molecule has 2 aromatic heterocycles. The standard InChI is InChI=1S/C21H21N5O/c1-14-17(15(2)26(25-14)16-8-4-3-5-9-16)12-21(27)22-13-20-23-18-10-6-7-11-19(18)24-20/h3-11H,12-13H2,1-2H3,(H,22,27)(H,23,24). The van der Waals surface area contributed by atoms with Crippen LogP contribution in [0.15, 0.2) is 54.6 Å². The molecule has 4 rings (SSSR count). The predicted octanol–water partition coefficient (Wildman–Crippen LogP) is 3.22. The minimum Gasteiger partial charge on any atom is -0.349 e. The summed E-state index contributed by atoms with van der Waals surface area (Å²) in [6.45, 7) is 4.31. The molecule has 0 atom stereocenters. The minimum absolute atomic E-state index is 0.0470. The summed E-state index contributed by atoms with van der Waals surface area (Å²) < 4.78 is 1.89. The highest BCUT2D eigenvalue weighted by molar-refractivity contribution is 5.79. The molecule has 136 valence electrons. The van der Waals surface area contributed by atoms with E-state index in [1.165, 1.54) is 0 Å². The van der Waals surface area contributed by atoms with Gasteiger partial charge in [0.05, 0.1) is 35.4 Å². The number of para-hydroxylation sites is 3. The maximum absolute atomic E-state index is 12.5. The smallest absolute Gasteiger partial charge is 0.224 e. The van der Waals surface area contributed by atoms with Crippen LogP contribution in [0.25, 0.3) is 16.7 Å². The average molecular weight is 359 g/mol. The number of hydrogen-bond acceptors (Lipinski definition) is 3. The normalized spacial score (nSPS) is 11.0. The van der Waals surface area contributed by atoms with E-state index in [1.807, 2.05) is 73.1 Å². The predicted molar refractivity (Wildman–Crippen MR) is 105 cm³/mol. The maximum Gasteiger partial charge on any atom is 0.224 e. The molecule has 1 amide bonds. The van der Waals surface area contributed by atoms with Crippen molar-refractivity contribution in [2.24, 2.45) is 0 Å². The van der Waals surface area contributed by atoms with Crippen LogP contribution in [0, 0.1) is 13.8 Å². The van der Waals surface area contributed by atoms with Gasteiger partial charge in [0, 0.05) is 11.3 Å². The second kappa shape index (κ2) is 7.07. The number of nitrogens with one attached hydrogen (secondary N) is 2. The van der Waals surface area contributed by atoms with Crippen LogP contribution in [0.4, 0.5) is 0 Å². The van der Waals surface area contributed by atoms with Crippen molar-refractivity contribution in [1.29, 1.82) is 0 Å². The van der Waals surface area contributed by atoms with Crippen molar-refractivity contribution >= 4 is 16.9 Å². The second-order valence-corrected chi connectivity index (χ2v) is 6.55. The zero-order valence-corrected chi connectivity index (χ0v) is 15.4. The molecule has 0 aliphatic heterocycles. The Morgan fingerprint density at radius 3 is 2.59 bits per heavy atom. The van der Waals surface area contributed by atoms with Gasteiger partial charge >= 0.3 is 0 Å². The number of aromatic amines is 1. The van der Waals surface area contributed by atoms with E-state index in [4.69, 9.17) is 0 Å². The van der Waals surface area contributed by atoms with Crippen LogP contribution in [0.3, 0.4) is 0 Å². The lowest BCUT2D eigenvalue weighted by molar-refractivity contribution is -0.120. The van der Waals surface area contributed by atoms with Crippen LogP contribution in [0.2, 0.25) is 0 Å². The molecule has 4 aromatic rings. The Labute approximate surface area is 157 Å².